The Morgan fingerprint density at radius 2 is 2.17 bits per heavy atom. The van der Waals surface area contributed by atoms with Crippen molar-refractivity contribution in [3.8, 4) is 5.88 Å². The number of alkyl halides is 2. The van der Waals surface area contributed by atoms with Crippen LogP contribution in [-0.4, -0.2) is 39.3 Å². The Balaban J connectivity index is 1.66. The van der Waals surface area contributed by atoms with Gasteiger partial charge in [0.15, 0.2) is 6.61 Å². The predicted octanol–water partition coefficient (Wildman–Crippen LogP) is 1.93. The summed E-state index contributed by atoms with van der Waals surface area (Å²) in [4.78, 5) is 16.1. The molecular formula is C15H13F2N5O2. The molecule has 3 rings (SSSR count). The van der Waals surface area contributed by atoms with E-state index in [-0.39, 0.29) is 18.3 Å². The number of nitrogens with zero attached hydrogens (tertiary/aromatic N) is 3. The van der Waals surface area contributed by atoms with Gasteiger partial charge in [0.25, 0.3) is 12.3 Å². The molecule has 9 heteroatoms. The Hall–Kier alpha value is -3.10. The van der Waals surface area contributed by atoms with E-state index in [4.69, 9.17) is 4.74 Å². The molecular weight excluding hydrogens is 320 g/mol. The van der Waals surface area contributed by atoms with Crippen molar-refractivity contribution in [1.82, 2.24) is 25.7 Å². The van der Waals surface area contributed by atoms with Gasteiger partial charge in [-0.1, -0.05) is 6.07 Å². The van der Waals surface area contributed by atoms with Crippen molar-refractivity contribution in [2.45, 2.75) is 13.0 Å². The third-order valence-electron chi connectivity index (χ3n) is 3.20. The molecule has 0 atom stereocenters. The van der Waals surface area contributed by atoms with Crippen molar-refractivity contribution in [3.05, 3.63) is 47.7 Å². The Kier molecular flexibility index (Phi) is 4.59. The first-order chi connectivity index (χ1) is 11.6. The number of halogens is 2. The highest BCUT2D eigenvalue weighted by atomic mass is 19.3. The van der Waals surface area contributed by atoms with E-state index in [0.717, 1.165) is 0 Å². The van der Waals surface area contributed by atoms with Gasteiger partial charge in [-0.15, -0.1) is 0 Å². The number of fused-ring (bicyclic) bond motifs is 1. The third kappa shape index (κ3) is 3.62. The fourth-order valence-corrected chi connectivity index (χ4v) is 2.12. The van der Waals surface area contributed by atoms with Gasteiger partial charge in [0.1, 0.15) is 11.0 Å². The highest BCUT2D eigenvalue weighted by molar-refractivity contribution is 6.04. The van der Waals surface area contributed by atoms with Gasteiger partial charge in [0.2, 0.25) is 5.88 Å². The van der Waals surface area contributed by atoms with Gasteiger partial charge in [-0.25, -0.2) is 13.8 Å². The van der Waals surface area contributed by atoms with Crippen LogP contribution in [0.4, 0.5) is 8.78 Å². The SMILES string of the molecule is O=C(NCc1ccnc(OCC(F)F)c1)c1cccc2n[nH]nc12. The number of ether oxygens (including phenoxy) is 1. The van der Waals surface area contributed by atoms with Crippen molar-refractivity contribution in [2.75, 3.05) is 6.61 Å². The molecule has 0 aliphatic carbocycles. The van der Waals surface area contributed by atoms with Gasteiger partial charge in [0, 0.05) is 18.8 Å². The van der Waals surface area contributed by atoms with Gasteiger partial charge in [-0.05, 0) is 23.8 Å². The second kappa shape index (κ2) is 6.99. The van der Waals surface area contributed by atoms with Gasteiger partial charge < -0.3 is 10.1 Å². The second-order valence-electron chi connectivity index (χ2n) is 4.88. The zero-order chi connectivity index (χ0) is 16.9. The van der Waals surface area contributed by atoms with Crippen molar-refractivity contribution < 1.29 is 18.3 Å². The normalized spacial score (nSPS) is 11.0. The number of pyridine rings is 1. The van der Waals surface area contributed by atoms with E-state index < -0.39 is 13.0 Å². The molecule has 3 aromatic rings. The first kappa shape index (κ1) is 15.8. The number of hydrogen-bond acceptors (Lipinski definition) is 5. The minimum absolute atomic E-state index is 0.0839. The fraction of sp³-hybridized carbons (Fsp3) is 0.200. The molecule has 2 heterocycles. The quantitative estimate of drug-likeness (QED) is 0.719. The standard InChI is InChI=1S/C15H13F2N5O2/c16-12(17)8-24-13-6-9(4-5-18-13)7-19-15(23)10-2-1-3-11-14(10)21-22-20-11/h1-6,12H,7-8H2,(H,19,23)(H,20,21,22). The molecule has 0 spiro atoms. The maximum absolute atomic E-state index is 12.3. The van der Waals surface area contributed by atoms with Gasteiger partial charge >= 0.3 is 0 Å². The molecule has 7 nitrogen and oxygen atoms in total. The van der Waals surface area contributed by atoms with Crippen LogP contribution in [0.1, 0.15) is 15.9 Å². The third-order valence-corrected chi connectivity index (χ3v) is 3.20. The molecule has 2 N–H and O–H groups in total. The average Bonchev–Trinajstić information content (AvgIpc) is 3.07. The van der Waals surface area contributed by atoms with Crippen LogP contribution in [0.15, 0.2) is 36.5 Å². The molecule has 2 aromatic heterocycles. The molecule has 0 fully saturated rings. The highest BCUT2D eigenvalue weighted by Gasteiger charge is 2.12. The number of amides is 1. The zero-order valence-corrected chi connectivity index (χ0v) is 12.4. The molecule has 0 aliphatic rings. The number of para-hydroxylation sites is 1. The Bertz CT molecular complexity index is 853. The van der Waals surface area contributed by atoms with Crippen LogP contribution < -0.4 is 10.1 Å². The Labute approximate surface area is 135 Å². The summed E-state index contributed by atoms with van der Waals surface area (Å²) in [5.74, 6) is -0.234. The van der Waals surface area contributed by atoms with Gasteiger partial charge in [0.05, 0.1) is 5.56 Å². The summed E-state index contributed by atoms with van der Waals surface area (Å²) in [6, 6.07) is 8.25. The number of aromatic nitrogens is 4. The van der Waals surface area contributed by atoms with Crippen LogP contribution >= 0.6 is 0 Å². The Morgan fingerprint density at radius 1 is 1.29 bits per heavy atom. The van der Waals surface area contributed by atoms with Crippen LogP contribution in [0.5, 0.6) is 5.88 Å². The molecule has 124 valence electrons. The summed E-state index contributed by atoms with van der Waals surface area (Å²) < 4.78 is 29.1. The minimum Gasteiger partial charge on any atom is -0.472 e. The molecule has 1 amide bonds. The summed E-state index contributed by atoms with van der Waals surface area (Å²) in [6.07, 6.45) is -1.14. The fourth-order valence-electron chi connectivity index (χ4n) is 2.12. The van der Waals surface area contributed by atoms with Crippen LogP contribution in [0.3, 0.4) is 0 Å². The van der Waals surface area contributed by atoms with E-state index >= 15 is 0 Å². The van der Waals surface area contributed by atoms with E-state index in [2.05, 4.69) is 25.7 Å². The van der Waals surface area contributed by atoms with Crippen molar-refractivity contribution in [3.63, 3.8) is 0 Å². The van der Waals surface area contributed by atoms with E-state index in [9.17, 15) is 13.6 Å². The summed E-state index contributed by atoms with van der Waals surface area (Å²) in [5.41, 5.74) is 2.14. The minimum atomic E-state index is -2.57. The Morgan fingerprint density at radius 3 is 3.00 bits per heavy atom. The van der Waals surface area contributed by atoms with Gasteiger partial charge in [-0.3, -0.25) is 4.79 Å². The molecule has 0 radical (unpaired) electrons. The van der Waals surface area contributed by atoms with Crippen molar-refractivity contribution in [1.29, 1.82) is 0 Å². The van der Waals surface area contributed by atoms with E-state index in [1.807, 2.05) is 0 Å². The lowest BCUT2D eigenvalue weighted by Gasteiger charge is -2.08. The first-order valence-electron chi connectivity index (χ1n) is 7.07. The van der Waals surface area contributed by atoms with Gasteiger partial charge in [-0.2, -0.15) is 15.4 Å². The number of aromatic amines is 1. The zero-order valence-electron chi connectivity index (χ0n) is 12.4. The summed E-state index contributed by atoms with van der Waals surface area (Å²) >= 11 is 0. The maximum atomic E-state index is 12.3. The molecule has 0 aliphatic heterocycles. The largest absolute Gasteiger partial charge is 0.472 e. The number of carbonyl (C=O) groups is 1. The summed E-state index contributed by atoms with van der Waals surface area (Å²) in [7, 11) is 0. The summed E-state index contributed by atoms with van der Waals surface area (Å²) in [6.45, 7) is -0.530. The number of nitrogens with one attached hydrogen (secondary N) is 2. The number of hydrogen-bond donors (Lipinski definition) is 2. The van der Waals surface area contributed by atoms with E-state index in [1.165, 1.54) is 12.3 Å². The molecule has 24 heavy (non-hydrogen) atoms. The van der Waals surface area contributed by atoms with Crippen molar-refractivity contribution >= 4 is 16.9 Å². The summed E-state index contributed by atoms with van der Waals surface area (Å²) in [5, 5.41) is 13.1. The van der Waals surface area contributed by atoms with Crippen LogP contribution in [-0.2, 0) is 6.54 Å². The lowest BCUT2D eigenvalue weighted by Crippen LogP contribution is -2.23. The smallest absolute Gasteiger partial charge is 0.272 e. The van der Waals surface area contributed by atoms with Crippen LogP contribution in [0.2, 0.25) is 0 Å². The molecule has 0 bridgehead atoms. The topological polar surface area (TPSA) is 92.8 Å². The lowest BCUT2D eigenvalue weighted by atomic mass is 10.1. The predicted molar refractivity (Wildman–Crippen MR) is 80.8 cm³/mol. The number of rotatable bonds is 6. The van der Waals surface area contributed by atoms with E-state index in [0.29, 0.717) is 22.2 Å². The van der Waals surface area contributed by atoms with E-state index in [1.54, 1.807) is 24.3 Å². The first-order valence-corrected chi connectivity index (χ1v) is 7.07. The molecule has 0 unspecified atom stereocenters. The monoisotopic (exact) mass is 333 g/mol. The number of benzene rings is 1. The van der Waals surface area contributed by atoms with Crippen LogP contribution in [0.25, 0.3) is 11.0 Å². The number of H-pyrrole nitrogens is 1. The van der Waals surface area contributed by atoms with Crippen molar-refractivity contribution in [2.24, 2.45) is 0 Å². The molecule has 0 saturated heterocycles. The lowest BCUT2D eigenvalue weighted by molar-refractivity contribution is 0.0795. The maximum Gasteiger partial charge on any atom is 0.272 e. The number of carbonyl (C=O) groups excluding carboxylic acids is 1. The average molecular weight is 333 g/mol. The molecule has 1 aromatic carbocycles. The van der Waals surface area contributed by atoms with Crippen LogP contribution in [0, 0.1) is 0 Å². The molecule has 0 saturated carbocycles. The highest BCUT2D eigenvalue weighted by Crippen LogP contribution is 2.14. The second-order valence-corrected chi connectivity index (χ2v) is 4.88.